The van der Waals surface area contributed by atoms with Crippen molar-refractivity contribution in [2.75, 3.05) is 11.9 Å². The normalized spacial score (nSPS) is 13.5. The number of carbonyl (C=O) groups excluding carboxylic acids is 1. The van der Waals surface area contributed by atoms with Gasteiger partial charge in [0, 0.05) is 53.3 Å². The van der Waals surface area contributed by atoms with Crippen molar-refractivity contribution in [1.82, 2.24) is 20.5 Å². The summed E-state index contributed by atoms with van der Waals surface area (Å²) in [4.78, 5) is 17.9. The molecular formula is C18H18ClN5OS. The molecule has 3 N–H and O–H groups in total. The first-order chi connectivity index (χ1) is 12.6. The number of aryl methyl sites for hydroxylation is 1. The number of fused-ring (bicyclic) bond motifs is 1. The van der Waals surface area contributed by atoms with E-state index in [1.165, 1.54) is 16.9 Å². The van der Waals surface area contributed by atoms with Crippen molar-refractivity contribution in [1.29, 1.82) is 0 Å². The highest BCUT2D eigenvalue weighted by molar-refractivity contribution is 7.15. The van der Waals surface area contributed by atoms with Gasteiger partial charge >= 0.3 is 0 Å². The van der Waals surface area contributed by atoms with E-state index in [0.29, 0.717) is 17.4 Å². The van der Waals surface area contributed by atoms with E-state index in [9.17, 15) is 4.79 Å². The summed E-state index contributed by atoms with van der Waals surface area (Å²) in [6.45, 7) is 3.60. The topological polar surface area (TPSA) is 82.7 Å². The Morgan fingerprint density at radius 2 is 2.31 bits per heavy atom. The van der Waals surface area contributed by atoms with Gasteiger partial charge in [0.25, 0.3) is 5.91 Å². The zero-order valence-electron chi connectivity index (χ0n) is 14.2. The van der Waals surface area contributed by atoms with Crippen LogP contribution in [-0.2, 0) is 19.4 Å². The highest BCUT2D eigenvalue weighted by atomic mass is 35.5. The summed E-state index contributed by atoms with van der Waals surface area (Å²) in [5.41, 5.74) is 4.77. The molecule has 0 unspecified atom stereocenters. The fourth-order valence-electron chi connectivity index (χ4n) is 3.06. The average molecular weight is 388 g/mol. The van der Waals surface area contributed by atoms with Gasteiger partial charge in [-0.05, 0) is 30.2 Å². The lowest BCUT2D eigenvalue weighted by molar-refractivity contribution is 0.102. The highest BCUT2D eigenvalue weighted by Gasteiger charge is 2.22. The Hall–Kier alpha value is -2.22. The Labute approximate surface area is 160 Å². The van der Waals surface area contributed by atoms with Gasteiger partial charge in [-0.15, -0.1) is 11.3 Å². The third-order valence-corrected chi connectivity index (χ3v) is 5.61. The second-order valence-electron chi connectivity index (χ2n) is 6.29. The molecule has 0 aliphatic carbocycles. The van der Waals surface area contributed by atoms with Crippen LogP contribution in [0.4, 0.5) is 5.13 Å². The van der Waals surface area contributed by atoms with Crippen LogP contribution >= 0.6 is 22.9 Å². The summed E-state index contributed by atoms with van der Waals surface area (Å²) in [5, 5.41) is 14.6. The standard InChI is InChI=1S/C18H18ClN5OS/c1-10-6-12(19)3-2-11(10)7-13-8-21-18(26-13)22-17(25)16-14-9-20-5-4-15(14)23-24-16/h2-3,6,8,20H,4-5,7,9H2,1H3,(H,23,24)(H,21,22,25). The number of carbonyl (C=O) groups is 1. The number of hydrogen-bond acceptors (Lipinski definition) is 5. The van der Waals surface area contributed by atoms with Crippen molar-refractivity contribution in [2.24, 2.45) is 0 Å². The van der Waals surface area contributed by atoms with Crippen molar-refractivity contribution in [2.45, 2.75) is 26.3 Å². The number of hydrogen-bond donors (Lipinski definition) is 3. The second kappa shape index (κ2) is 7.19. The number of H-pyrrole nitrogens is 1. The van der Waals surface area contributed by atoms with E-state index in [0.717, 1.165) is 46.1 Å². The number of nitrogens with one attached hydrogen (secondary N) is 3. The van der Waals surface area contributed by atoms with E-state index < -0.39 is 0 Å². The van der Waals surface area contributed by atoms with Crippen LogP contribution in [0.3, 0.4) is 0 Å². The van der Waals surface area contributed by atoms with Gasteiger partial charge in [0.2, 0.25) is 0 Å². The molecule has 134 valence electrons. The maximum atomic E-state index is 12.5. The van der Waals surface area contributed by atoms with E-state index in [1.807, 2.05) is 25.1 Å². The minimum atomic E-state index is -0.227. The third kappa shape index (κ3) is 3.51. The monoisotopic (exact) mass is 387 g/mol. The number of halogens is 1. The Bertz CT molecular complexity index is 964. The van der Waals surface area contributed by atoms with Gasteiger partial charge in [-0.3, -0.25) is 15.2 Å². The van der Waals surface area contributed by atoms with E-state index in [2.05, 4.69) is 25.8 Å². The van der Waals surface area contributed by atoms with Crippen LogP contribution in [0, 0.1) is 6.92 Å². The molecule has 0 saturated heterocycles. The molecule has 26 heavy (non-hydrogen) atoms. The van der Waals surface area contributed by atoms with Crippen LogP contribution in [0.15, 0.2) is 24.4 Å². The SMILES string of the molecule is Cc1cc(Cl)ccc1Cc1cnc(NC(=O)c2n[nH]c3c2CNCC3)s1. The van der Waals surface area contributed by atoms with Gasteiger partial charge < -0.3 is 5.32 Å². The van der Waals surface area contributed by atoms with Crippen molar-refractivity contribution >= 4 is 34.0 Å². The molecule has 0 fully saturated rings. The summed E-state index contributed by atoms with van der Waals surface area (Å²) in [7, 11) is 0. The van der Waals surface area contributed by atoms with E-state index in [-0.39, 0.29) is 5.91 Å². The molecule has 3 aromatic rings. The molecular weight excluding hydrogens is 370 g/mol. The quantitative estimate of drug-likeness (QED) is 0.641. The molecule has 1 amide bonds. The Balaban J connectivity index is 1.46. The van der Waals surface area contributed by atoms with Gasteiger partial charge in [0.05, 0.1) is 0 Å². The maximum absolute atomic E-state index is 12.5. The number of anilines is 1. The molecule has 0 radical (unpaired) electrons. The first-order valence-corrected chi connectivity index (χ1v) is 9.57. The van der Waals surface area contributed by atoms with Crippen molar-refractivity contribution < 1.29 is 4.79 Å². The summed E-state index contributed by atoms with van der Waals surface area (Å²) in [6, 6.07) is 5.87. The molecule has 8 heteroatoms. The summed E-state index contributed by atoms with van der Waals surface area (Å²) < 4.78 is 0. The van der Waals surface area contributed by atoms with Crippen molar-refractivity contribution in [3.63, 3.8) is 0 Å². The molecule has 1 aliphatic heterocycles. The van der Waals surface area contributed by atoms with Crippen molar-refractivity contribution in [3.8, 4) is 0 Å². The fourth-order valence-corrected chi connectivity index (χ4v) is 4.12. The zero-order chi connectivity index (χ0) is 18.1. The molecule has 0 atom stereocenters. The van der Waals surface area contributed by atoms with Gasteiger partial charge in [0.1, 0.15) is 0 Å². The summed E-state index contributed by atoms with van der Waals surface area (Å²) >= 11 is 7.48. The molecule has 0 spiro atoms. The number of thiazole rings is 1. The molecule has 3 heterocycles. The highest BCUT2D eigenvalue weighted by Crippen LogP contribution is 2.25. The first-order valence-electron chi connectivity index (χ1n) is 8.38. The molecule has 4 rings (SSSR count). The Morgan fingerprint density at radius 3 is 3.15 bits per heavy atom. The molecule has 0 saturated carbocycles. The van der Waals surface area contributed by atoms with Crippen LogP contribution in [0.5, 0.6) is 0 Å². The first kappa shape index (κ1) is 17.2. The van der Waals surface area contributed by atoms with Gasteiger partial charge in [-0.25, -0.2) is 4.98 Å². The number of rotatable bonds is 4. The molecule has 0 bridgehead atoms. The maximum Gasteiger partial charge on any atom is 0.278 e. The largest absolute Gasteiger partial charge is 0.312 e. The predicted octanol–water partition coefficient (Wildman–Crippen LogP) is 3.32. The lowest BCUT2D eigenvalue weighted by Gasteiger charge is -2.12. The number of aromatic amines is 1. The Morgan fingerprint density at radius 1 is 1.42 bits per heavy atom. The van der Waals surface area contributed by atoms with Crippen molar-refractivity contribution in [3.05, 3.63) is 62.4 Å². The molecule has 1 aliphatic rings. The van der Waals surface area contributed by atoms with Gasteiger partial charge in [0.15, 0.2) is 10.8 Å². The zero-order valence-corrected chi connectivity index (χ0v) is 15.8. The molecule has 2 aromatic heterocycles. The van der Waals surface area contributed by atoms with E-state index in [4.69, 9.17) is 11.6 Å². The molecule has 6 nitrogen and oxygen atoms in total. The third-order valence-electron chi connectivity index (χ3n) is 4.46. The lowest BCUT2D eigenvalue weighted by Crippen LogP contribution is -2.25. The predicted molar refractivity (Wildman–Crippen MR) is 103 cm³/mol. The summed E-state index contributed by atoms with van der Waals surface area (Å²) in [6.07, 6.45) is 3.42. The fraction of sp³-hybridized carbons (Fsp3) is 0.278. The number of benzene rings is 1. The van der Waals surface area contributed by atoms with Crippen LogP contribution < -0.4 is 10.6 Å². The molecule has 1 aromatic carbocycles. The lowest BCUT2D eigenvalue weighted by atomic mass is 10.1. The van der Waals surface area contributed by atoms with E-state index in [1.54, 1.807) is 6.20 Å². The minimum Gasteiger partial charge on any atom is -0.312 e. The van der Waals surface area contributed by atoms with Crippen LogP contribution in [0.25, 0.3) is 0 Å². The number of nitrogens with zero attached hydrogens (tertiary/aromatic N) is 2. The number of amides is 1. The second-order valence-corrected chi connectivity index (χ2v) is 7.84. The van der Waals surface area contributed by atoms with Crippen LogP contribution in [-0.4, -0.2) is 27.6 Å². The van der Waals surface area contributed by atoms with Gasteiger partial charge in [-0.1, -0.05) is 17.7 Å². The van der Waals surface area contributed by atoms with Gasteiger partial charge in [-0.2, -0.15) is 5.10 Å². The summed E-state index contributed by atoms with van der Waals surface area (Å²) in [5.74, 6) is -0.227. The van der Waals surface area contributed by atoms with Crippen LogP contribution in [0.1, 0.15) is 37.7 Å². The smallest absolute Gasteiger partial charge is 0.278 e. The van der Waals surface area contributed by atoms with Crippen LogP contribution in [0.2, 0.25) is 5.02 Å². The minimum absolute atomic E-state index is 0.227. The average Bonchev–Trinajstić information content (AvgIpc) is 3.24. The number of aromatic nitrogens is 3. The Kier molecular flexibility index (Phi) is 4.76. The van der Waals surface area contributed by atoms with E-state index >= 15 is 0 Å².